The molecule has 1 aromatic rings. The van der Waals surface area contributed by atoms with Gasteiger partial charge in [0, 0.05) is 18.8 Å². The van der Waals surface area contributed by atoms with E-state index in [1.54, 1.807) is 6.07 Å². The molecule has 2 saturated heterocycles. The van der Waals surface area contributed by atoms with Gasteiger partial charge in [-0.1, -0.05) is 0 Å². The van der Waals surface area contributed by atoms with Crippen LogP contribution >= 0.6 is 0 Å². The first-order valence-corrected chi connectivity index (χ1v) is 5.86. The van der Waals surface area contributed by atoms with Gasteiger partial charge in [0.25, 0.3) is 0 Å². The van der Waals surface area contributed by atoms with Crippen LogP contribution in [0.5, 0.6) is 0 Å². The van der Waals surface area contributed by atoms with E-state index in [-0.39, 0.29) is 18.0 Å². The van der Waals surface area contributed by atoms with Gasteiger partial charge in [0.15, 0.2) is 0 Å². The van der Waals surface area contributed by atoms with Gasteiger partial charge in [-0.2, -0.15) is 5.26 Å². The first kappa shape index (κ1) is 10.5. The Morgan fingerprint density at radius 2 is 1.94 bits per heavy atom. The number of rotatable bonds is 1. The molecule has 2 aliphatic heterocycles. The summed E-state index contributed by atoms with van der Waals surface area (Å²) in [5.41, 5.74) is 1.17. The standard InChI is InChI=1S/C13H13FN2O/c14-10-3-9(6-15)4-11(5-10)16-7-12-1-2-13(8-16)17-12/h3-5,12-13H,1-2,7-8H2. The molecule has 0 radical (unpaired) electrons. The zero-order valence-electron chi connectivity index (χ0n) is 9.40. The van der Waals surface area contributed by atoms with E-state index >= 15 is 0 Å². The van der Waals surface area contributed by atoms with Gasteiger partial charge >= 0.3 is 0 Å². The minimum absolute atomic E-state index is 0.266. The van der Waals surface area contributed by atoms with E-state index in [2.05, 4.69) is 4.90 Å². The van der Waals surface area contributed by atoms with Crippen LogP contribution in [0.15, 0.2) is 18.2 Å². The molecule has 17 heavy (non-hydrogen) atoms. The molecule has 2 atom stereocenters. The third-order valence-corrected chi connectivity index (χ3v) is 3.42. The highest BCUT2D eigenvalue weighted by molar-refractivity contribution is 5.52. The van der Waals surface area contributed by atoms with Crippen LogP contribution in [0.1, 0.15) is 18.4 Å². The smallest absolute Gasteiger partial charge is 0.126 e. The van der Waals surface area contributed by atoms with Gasteiger partial charge in [-0.15, -0.1) is 0 Å². The third kappa shape index (κ3) is 1.98. The number of fused-ring (bicyclic) bond motifs is 2. The van der Waals surface area contributed by atoms with E-state index in [9.17, 15) is 4.39 Å². The lowest BCUT2D eigenvalue weighted by atomic mass is 10.1. The second-order valence-electron chi connectivity index (χ2n) is 4.67. The average Bonchev–Trinajstić information content (AvgIpc) is 2.67. The van der Waals surface area contributed by atoms with Crippen molar-refractivity contribution >= 4 is 5.69 Å². The predicted octanol–water partition coefficient (Wildman–Crippen LogP) is 2.06. The minimum Gasteiger partial charge on any atom is -0.371 e. The molecule has 0 aromatic heterocycles. The Morgan fingerprint density at radius 3 is 2.59 bits per heavy atom. The number of benzene rings is 1. The summed E-state index contributed by atoms with van der Waals surface area (Å²) in [7, 11) is 0. The minimum atomic E-state index is -0.349. The molecule has 0 aliphatic carbocycles. The van der Waals surface area contributed by atoms with Crippen molar-refractivity contribution in [1.29, 1.82) is 5.26 Å². The fourth-order valence-corrected chi connectivity index (χ4v) is 2.65. The summed E-state index contributed by atoms with van der Waals surface area (Å²) in [5, 5.41) is 8.84. The highest BCUT2D eigenvalue weighted by Crippen LogP contribution is 2.30. The number of nitrogens with zero attached hydrogens (tertiary/aromatic N) is 2. The summed E-state index contributed by atoms with van der Waals surface area (Å²) < 4.78 is 19.1. The van der Waals surface area contributed by atoms with Crippen LogP contribution in [-0.2, 0) is 4.74 Å². The maximum absolute atomic E-state index is 13.4. The van der Waals surface area contributed by atoms with Gasteiger partial charge in [0.2, 0.25) is 0 Å². The van der Waals surface area contributed by atoms with Crippen molar-refractivity contribution < 1.29 is 9.13 Å². The molecule has 2 heterocycles. The van der Waals surface area contributed by atoms with Crippen molar-refractivity contribution in [2.75, 3.05) is 18.0 Å². The SMILES string of the molecule is N#Cc1cc(F)cc(N2CC3CCC(C2)O3)c1. The summed E-state index contributed by atoms with van der Waals surface area (Å²) in [6.07, 6.45) is 2.70. The molecule has 3 rings (SSSR count). The van der Waals surface area contributed by atoms with E-state index in [0.717, 1.165) is 31.6 Å². The predicted molar refractivity (Wildman–Crippen MR) is 61.2 cm³/mol. The van der Waals surface area contributed by atoms with E-state index in [4.69, 9.17) is 10.00 Å². The number of halogens is 1. The normalized spacial score (nSPS) is 26.9. The Balaban J connectivity index is 1.89. The topological polar surface area (TPSA) is 36.3 Å². The van der Waals surface area contributed by atoms with Gasteiger partial charge in [-0.3, -0.25) is 0 Å². The van der Waals surface area contributed by atoms with E-state index in [1.165, 1.54) is 12.1 Å². The zero-order chi connectivity index (χ0) is 11.8. The fraction of sp³-hybridized carbons (Fsp3) is 0.462. The monoisotopic (exact) mass is 232 g/mol. The van der Waals surface area contributed by atoms with Gasteiger partial charge in [-0.05, 0) is 31.0 Å². The number of hydrogen-bond donors (Lipinski definition) is 0. The quantitative estimate of drug-likeness (QED) is 0.743. The van der Waals surface area contributed by atoms with Crippen LogP contribution in [0.2, 0.25) is 0 Å². The van der Waals surface area contributed by atoms with E-state index in [0.29, 0.717) is 5.56 Å². The van der Waals surface area contributed by atoms with Gasteiger partial charge in [0.1, 0.15) is 5.82 Å². The fourth-order valence-electron chi connectivity index (χ4n) is 2.65. The van der Waals surface area contributed by atoms with Crippen LogP contribution in [0.4, 0.5) is 10.1 Å². The molecule has 2 aliphatic rings. The first-order chi connectivity index (χ1) is 8.24. The van der Waals surface area contributed by atoms with E-state index in [1.807, 2.05) is 6.07 Å². The molecule has 0 N–H and O–H groups in total. The van der Waals surface area contributed by atoms with Gasteiger partial charge < -0.3 is 9.64 Å². The third-order valence-electron chi connectivity index (χ3n) is 3.42. The summed E-state index contributed by atoms with van der Waals surface area (Å²) in [6, 6.07) is 6.49. The van der Waals surface area contributed by atoms with Crippen molar-refractivity contribution in [1.82, 2.24) is 0 Å². The van der Waals surface area contributed by atoms with Crippen LogP contribution in [0.3, 0.4) is 0 Å². The van der Waals surface area contributed by atoms with Gasteiger partial charge in [0.05, 0.1) is 23.8 Å². The molecule has 0 saturated carbocycles. The van der Waals surface area contributed by atoms with Crippen LogP contribution < -0.4 is 4.90 Å². The number of hydrogen-bond acceptors (Lipinski definition) is 3. The molecule has 2 bridgehead atoms. The highest BCUT2D eigenvalue weighted by Gasteiger charge is 2.33. The zero-order valence-corrected chi connectivity index (χ0v) is 9.40. The average molecular weight is 232 g/mol. The Bertz CT molecular complexity index is 471. The summed E-state index contributed by atoms with van der Waals surface area (Å²) in [4.78, 5) is 2.12. The van der Waals surface area contributed by atoms with Crippen LogP contribution in [-0.4, -0.2) is 25.3 Å². The largest absolute Gasteiger partial charge is 0.371 e. The highest BCUT2D eigenvalue weighted by atomic mass is 19.1. The lowest BCUT2D eigenvalue weighted by molar-refractivity contribution is 0.0305. The molecule has 2 unspecified atom stereocenters. The molecule has 0 spiro atoms. The number of ether oxygens (including phenoxy) is 1. The molecular formula is C13H13FN2O. The van der Waals surface area contributed by atoms with Crippen molar-refractivity contribution in [3.63, 3.8) is 0 Å². The molecule has 2 fully saturated rings. The van der Waals surface area contributed by atoms with Gasteiger partial charge in [-0.25, -0.2) is 4.39 Å². The molecule has 4 heteroatoms. The van der Waals surface area contributed by atoms with Crippen molar-refractivity contribution in [2.24, 2.45) is 0 Å². The second kappa shape index (κ2) is 4.01. The second-order valence-corrected chi connectivity index (χ2v) is 4.67. The number of morpholine rings is 1. The Morgan fingerprint density at radius 1 is 1.24 bits per heavy atom. The maximum Gasteiger partial charge on any atom is 0.126 e. The van der Waals surface area contributed by atoms with Crippen molar-refractivity contribution in [2.45, 2.75) is 25.0 Å². The first-order valence-electron chi connectivity index (χ1n) is 5.86. The Kier molecular flexibility index (Phi) is 2.49. The molecule has 3 nitrogen and oxygen atoms in total. The Labute approximate surface area is 99.4 Å². The summed E-state index contributed by atoms with van der Waals surface area (Å²) in [6.45, 7) is 1.59. The summed E-state index contributed by atoms with van der Waals surface area (Å²) >= 11 is 0. The van der Waals surface area contributed by atoms with E-state index < -0.39 is 0 Å². The Hall–Kier alpha value is -1.60. The van der Waals surface area contributed by atoms with Crippen LogP contribution in [0, 0.1) is 17.1 Å². The number of nitriles is 1. The lowest BCUT2D eigenvalue weighted by Gasteiger charge is -2.33. The van der Waals surface area contributed by atoms with Crippen molar-refractivity contribution in [3.8, 4) is 6.07 Å². The molecule has 88 valence electrons. The summed E-state index contributed by atoms with van der Waals surface area (Å²) in [5.74, 6) is -0.349. The van der Waals surface area contributed by atoms with Crippen molar-refractivity contribution in [3.05, 3.63) is 29.6 Å². The maximum atomic E-state index is 13.4. The van der Waals surface area contributed by atoms with Crippen LogP contribution in [0.25, 0.3) is 0 Å². The molecule has 1 aromatic carbocycles. The lowest BCUT2D eigenvalue weighted by Crippen LogP contribution is -2.42. The number of anilines is 1. The molecular weight excluding hydrogens is 219 g/mol. The molecule has 0 amide bonds.